The van der Waals surface area contributed by atoms with Crippen LogP contribution >= 0.6 is 57.1 Å². The molecule has 0 spiro atoms. The quantitative estimate of drug-likeness (QED) is 0.598. The number of hydrogen-bond donors (Lipinski definition) is 0. The van der Waals surface area contributed by atoms with Gasteiger partial charge in [-0.1, -0.05) is 23.2 Å². The molecule has 0 fully saturated rings. The maximum Gasteiger partial charge on any atom is 0.349 e. The molecular weight excluding hydrogens is 346 g/mol. The van der Waals surface area contributed by atoms with Gasteiger partial charge in [-0.05, 0) is 29.5 Å². The van der Waals surface area contributed by atoms with Crippen LogP contribution < -0.4 is 0 Å². The largest absolute Gasteiger partial charge is 0.462 e. The summed E-state index contributed by atoms with van der Waals surface area (Å²) in [5, 5.41) is 0.426. The SMILES string of the molecule is CCOC(=O)c1sc(Cl)c(Cl)c1I. The Labute approximate surface area is 103 Å². The Balaban J connectivity index is 3.01. The summed E-state index contributed by atoms with van der Waals surface area (Å²) in [5.74, 6) is -0.370. The average Bonchev–Trinajstić information content (AvgIpc) is 2.33. The van der Waals surface area contributed by atoms with E-state index in [0.717, 1.165) is 11.3 Å². The molecule has 2 nitrogen and oxygen atoms in total. The minimum absolute atomic E-state index is 0.349. The van der Waals surface area contributed by atoms with Crippen molar-refractivity contribution in [2.24, 2.45) is 0 Å². The molecule has 0 N–H and O–H groups in total. The van der Waals surface area contributed by atoms with Gasteiger partial charge < -0.3 is 4.74 Å². The van der Waals surface area contributed by atoms with E-state index in [4.69, 9.17) is 27.9 Å². The summed E-state index contributed by atoms with van der Waals surface area (Å²) in [5.41, 5.74) is 0. The zero-order chi connectivity index (χ0) is 10.0. The second-order valence-electron chi connectivity index (χ2n) is 2.05. The highest BCUT2D eigenvalue weighted by molar-refractivity contribution is 14.1. The van der Waals surface area contributed by atoms with Crippen molar-refractivity contribution in [3.63, 3.8) is 0 Å². The topological polar surface area (TPSA) is 26.3 Å². The summed E-state index contributed by atoms with van der Waals surface area (Å²) in [6, 6.07) is 0. The lowest BCUT2D eigenvalue weighted by Crippen LogP contribution is -2.03. The second-order valence-corrected chi connectivity index (χ2v) is 5.13. The molecule has 1 rings (SSSR count). The van der Waals surface area contributed by atoms with Gasteiger partial charge in [0.2, 0.25) is 0 Å². The van der Waals surface area contributed by atoms with Crippen molar-refractivity contribution in [2.75, 3.05) is 6.61 Å². The zero-order valence-electron chi connectivity index (χ0n) is 6.57. The fourth-order valence-corrected chi connectivity index (χ4v) is 3.15. The maximum absolute atomic E-state index is 11.3. The molecule has 0 atom stereocenters. The van der Waals surface area contributed by atoms with Crippen LogP contribution in [-0.2, 0) is 4.74 Å². The Kier molecular flexibility index (Phi) is 4.28. The minimum atomic E-state index is -0.370. The molecular formula is C7H5Cl2IO2S. The van der Waals surface area contributed by atoms with Gasteiger partial charge in [0.15, 0.2) is 0 Å². The van der Waals surface area contributed by atoms with Crippen LogP contribution in [0.15, 0.2) is 0 Å². The van der Waals surface area contributed by atoms with Crippen LogP contribution in [-0.4, -0.2) is 12.6 Å². The number of rotatable bonds is 2. The number of carbonyl (C=O) groups excluding carboxylic acids is 1. The van der Waals surface area contributed by atoms with Crippen LogP contribution in [0.1, 0.15) is 16.6 Å². The highest BCUT2D eigenvalue weighted by Gasteiger charge is 2.19. The van der Waals surface area contributed by atoms with Crippen molar-refractivity contribution >= 4 is 63.1 Å². The molecule has 0 saturated heterocycles. The molecule has 1 aromatic heterocycles. The van der Waals surface area contributed by atoms with E-state index in [1.165, 1.54) is 0 Å². The van der Waals surface area contributed by atoms with E-state index in [-0.39, 0.29) is 5.97 Å². The Morgan fingerprint density at radius 2 is 2.23 bits per heavy atom. The molecule has 1 aromatic rings. The molecule has 13 heavy (non-hydrogen) atoms. The predicted molar refractivity (Wildman–Crippen MR) is 63.0 cm³/mol. The summed E-state index contributed by atoms with van der Waals surface area (Å²) in [6.45, 7) is 2.10. The first kappa shape index (κ1) is 11.6. The number of ether oxygens (including phenoxy) is 1. The van der Waals surface area contributed by atoms with Gasteiger partial charge in [0.05, 0.1) is 15.2 Å². The van der Waals surface area contributed by atoms with Gasteiger partial charge >= 0.3 is 5.97 Å². The highest BCUT2D eigenvalue weighted by atomic mass is 127. The van der Waals surface area contributed by atoms with Crippen LogP contribution in [0.25, 0.3) is 0 Å². The maximum atomic E-state index is 11.3. The summed E-state index contributed by atoms with van der Waals surface area (Å²) >= 11 is 14.7. The van der Waals surface area contributed by atoms with Crippen LogP contribution in [0.5, 0.6) is 0 Å². The predicted octanol–water partition coefficient (Wildman–Crippen LogP) is 3.84. The normalized spacial score (nSPS) is 10.2. The van der Waals surface area contributed by atoms with Gasteiger partial charge in [0, 0.05) is 0 Å². The Morgan fingerprint density at radius 3 is 2.62 bits per heavy atom. The van der Waals surface area contributed by atoms with Crippen molar-refractivity contribution in [1.29, 1.82) is 0 Å². The van der Waals surface area contributed by atoms with E-state index < -0.39 is 0 Å². The molecule has 72 valence electrons. The van der Waals surface area contributed by atoms with Crippen LogP contribution in [0, 0.1) is 3.57 Å². The molecule has 0 aromatic carbocycles. The second kappa shape index (κ2) is 4.82. The fraction of sp³-hybridized carbons (Fsp3) is 0.286. The van der Waals surface area contributed by atoms with Gasteiger partial charge in [-0.25, -0.2) is 4.79 Å². The lowest BCUT2D eigenvalue weighted by Gasteiger charge is -1.97. The van der Waals surface area contributed by atoms with Gasteiger partial charge in [-0.2, -0.15) is 0 Å². The molecule has 0 aliphatic rings. The summed E-state index contributed by atoms with van der Waals surface area (Å²) in [6.07, 6.45) is 0. The number of esters is 1. The Bertz CT molecular complexity index is 337. The standard InChI is InChI=1S/C7H5Cl2IO2S/c1-2-12-7(11)5-4(10)3(8)6(9)13-5/h2H2,1H3. The van der Waals surface area contributed by atoms with Gasteiger partial charge in [0.1, 0.15) is 9.21 Å². The van der Waals surface area contributed by atoms with E-state index in [2.05, 4.69) is 0 Å². The minimum Gasteiger partial charge on any atom is -0.462 e. The first-order chi connectivity index (χ1) is 6.07. The van der Waals surface area contributed by atoms with Crippen molar-refractivity contribution in [3.8, 4) is 0 Å². The van der Waals surface area contributed by atoms with Gasteiger partial charge in [0.25, 0.3) is 0 Å². The molecule has 0 aliphatic carbocycles. The van der Waals surface area contributed by atoms with E-state index in [1.807, 2.05) is 22.6 Å². The van der Waals surface area contributed by atoms with Crippen molar-refractivity contribution in [1.82, 2.24) is 0 Å². The molecule has 0 amide bonds. The van der Waals surface area contributed by atoms with E-state index in [0.29, 0.717) is 24.4 Å². The van der Waals surface area contributed by atoms with Crippen LogP contribution in [0.3, 0.4) is 0 Å². The average molecular weight is 351 g/mol. The number of halogens is 3. The molecule has 0 bridgehead atoms. The van der Waals surface area contributed by atoms with Crippen molar-refractivity contribution in [2.45, 2.75) is 6.92 Å². The first-order valence-corrected chi connectivity index (χ1v) is 6.03. The fourth-order valence-electron chi connectivity index (χ4n) is 0.693. The van der Waals surface area contributed by atoms with Gasteiger partial charge in [-0.15, -0.1) is 11.3 Å². The Hall–Kier alpha value is 0.480. The first-order valence-electron chi connectivity index (χ1n) is 3.38. The van der Waals surface area contributed by atoms with E-state index in [9.17, 15) is 4.79 Å². The molecule has 0 saturated carbocycles. The number of thiophene rings is 1. The van der Waals surface area contributed by atoms with Gasteiger partial charge in [-0.3, -0.25) is 0 Å². The lowest BCUT2D eigenvalue weighted by atomic mass is 10.5. The zero-order valence-corrected chi connectivity index (χ0v) is 11.1. The molecule has 0 unspecified atom stereocenters. The summed E-state index contributed by atoms with van der Waals surface area (Å²) < 4.78 is 5.91. The van der Waals surface area contributed by atoms with Crippen LogP contribution in [0.2, 0.25) is 9.36 Å². The van der Waals surface area contributed by atoms with E-state index in [1.54, 1.807) is 6.92 Å². The molecule has 6 heteroatoms. The third kappa shape index (κ3) is 2.49. The lowest BCUT2D eigenvalue weighted by molar-refractivity contribution is 0.0531. The van der Waals surface area contributed by atoms with Crippen molar-refractivity contribution in [3.05, 3.63) is 17.8 Å². The third-order valence-electron chi connectivity index (χ3n) is 1.22. The van der Waals surface area contributed by atoms with Crippen LogP contribution in [0.4, 0.5) is 0 Å². The monoisotopic (exact) mass is 350 g/mol. The molecule has 1 heterocycles. The highest BCUT2D eigenvalue weighted by Crippen LogP contribution is 2.37. The summed E-state index contributed by atoms with van der Waals surface area (Å²) in [7, 11) is 0. The Morgan fingerprint density at radius 1 is 1.62 bits per heavy atom. The molecule has 0 aliphatic heterocycles. The smallest absolute Gasteiger partial charge is 0.349 e. The third-order valence-corrected chi connectivity index (χ3v) is 4.95. The number of hydrogen-bond acceptors (Lipinski definition) is 3. The molecule has 0 radical (unpaired) electrons. The number of carbonyl (C=O) groups is 1. The summed E-state index contributed by atoms with van der Waals surface area (Å²) in [4.78, 5) is 11.8. The van der Waals surface area contributed by atoms with Crippen molar-refractivity contribution < 1.29 is 9.53 Å². The van der Waals surface area contributed by atoms with E-state index >= 15 is 0 Å².